The molecule has 5 heteroatoms. The summed E-state index contributed by atoms with van der Waals surface area (Å²) in [6.07, 6.45) is 0. The second kappa shape index (κ2) is 9.88. The first-order valence-electron chi connectivity index (χ1n) is 11.3. The molecule has 3 aromatic carbocycles. The van der Waals surface area contributed by atoms with Gasteiger partial charge in [-0.3, -0.25) is 0 Å². The number of nitrogens with one attached hydrogen (secondary N) is 1. The fourth-order valence-corrected chi connectivity index (χ4v) is 4.64. The van der Waals surface area contributed by atoms with Gasteiger partial charge in [0.15, 0.2) is 6.04 Å². The summed E-state index contributed by atoms with van der Waals surface area (Å²) in [6, 6.07) is 27.9. The van der Waals surface area contributed by atoms with E-state index >= 15 is 0 Å². The van der Waals surface area contributed by atoms with Crippen LogP contribution in [0.2, 0.25) is 0 Å². The molecule has 4 rings (SSSR count). The van der Waals surface area contributed by atoms with Crippen LogP contribution in [0.5, 0.6) is 0 Å². The van der Waals surface area contributed by atoms with Gasteiger partial charge in [-0.05, 0) is 35.4 Å². The van der Waals surface area contributed by atoms with Gasteiger partial charge in [-0.2, -0.15) is 4.68 Å². The van der Waals surface area contributed by atoms with Crippen molar-refractivity contribution in [2.45, 2.75) is 46.8 Å². The SMILES string of the molecule is Cc1cccc(C)c1-n1nnnc1[C@@H](C(C)C)[NH+](Cc1ccccc1)Cc1ccccc1. The van der Waals surface area contributed by atoms with Crippen LogP contribution in [0.25, 0.3) is 5.69 Å². The average Bonchev–Trinajstić information content (AvgIpc) is 3.23. The molecule has 1 atom stereocenters. The summed E-state index contributed by atoms with van der Waals surface area (Å²) in [5, 5.41) is 13.2. The number of nitrogens with zero attached hydrogens (tertiary/aromatic N) is 4. The lowest BCUT2D eigenvalue weighted by atomic mass is 9.99. The van der Waals surface area contributed by atoms with Crippen LogP contribution in [-0.4, -0.2) is 20.2 Å². The molecule has 5 nitrogen and oxygen atoms in total. The molecule has 0 aliphatic rings. The molecule has 0 spiro atoms. The molecule has 0 unspecified atom stereocenters. The number of rotatable bonds is 8. The Kier molecular flexibility index (Phi) is 6.76. The molecule has 0 fully saturated rings. The minimum Gasteiger partial charge on any atom is -0.318 e. The summed E-state index contributed by atoms with van der Waals surface area (Å²) in [5.74, 6) is 1.27. The van der Waals surface area contributed by atoms with E-state index < -0.39 is 0 Å². The van der Waals surface area contributed by atoms with Crippen LogP contribution in [0.4, 0.5) is 0 Å². The first kappa shape index (κ1) is 21.9. The third-order valence-corrected chi connectivity index (χ3v) is 6.08. The van der Waals surface area contributed by atoms with Crippen molar-refractivity contribution >= 4 is 0 Å². The molecule has 0 saturated carbocycles. The Balaban J connectivity index is 1.78. The predicted octanol–water partition coefficient (Wildman–Crippen LogP) is 4.26. The number of hydrogen-bond acceptors (Lipinski definition) is 3. The van der Waals surface area contributed by atoms with Crippen molar-refractivity contribution in [3.8, 4) is 5.69 Å². The summed E-state index contributed by atoms with van der Waals surface area (Å²) in [7, 11) is 0. The highest BCUT2D eigenvalue weighted by molar-refractivity contribution is 5.46. The molecular weight excluding hydrogens is 394 g/mol. The van der Waals surface area contributed by atoms with Crippen molar-refractivity contribution in [3.63, 3.8) is 0 Å². The van der Waals surface area contributed by atoms with Crippen molar-refractivity contribution in [1.29, 1.82) is 0 Å². The monoisotopic (exact) mass is 426 g/mol. The van der Waals surface area contributed by atoms with Gasteiger partial charge in [-0.1, -0.05) is 92.7 Å². The van der Waals surface area contributed by atoms with Crippen LogP contribution in [-0.2, 0) is 13.1 Å². The lowest BCUT2D eigenvalue weighted by molar-refractivity contribution is -0.962. The number of tetrazole rings is 1. The number of benzene rings is 3. The van der Waals surface area contributed by atoms with Crippen molar-refractivity contribution < 1.29 is 4.90 Å². The quantitative estimate of drug-likeness (QED) is 0.458. The minimum absolute atomic E-state index is 0.129. The van der Waals surface area contributed by atoms with Gasteiger partial charge in [0.05, 0.1) is 5.69 Å². The number of aryl methyl sites for hydroxylation is 2. The van der Waals surface area contributed by atoms with Gasteiger partial charge in [0.1, 0.15) is 13.1 Å². The topological polar surface area (TPSA) is 48.0 Å². The van der Waals surface area contributed by atoms with Gasteiger partial charge in [0, 0.05) is 17.0 Å². The molecule has 1 N–H and O–H groups in total. The fraction of sp³-hybridized carbons (Fsp3) is 0.296. The third kappa shape index (κ3) is 4.78. The highest BCUT2D eigenvalue weighted by Crippen LogP contribution is 2.24. The zero-order chi connectivity index (χ0) is 22.5. The Morgan fingerprint density at radius 3 is 1.78 bits per heavy atom. The minimum atomic E-state index is 0.129. The van der Waals surface area contributed by atoms with Crippen molar-refractivity contribution in [2.75, 3.05) is 0 Å². The van der Waals surface area contributed by atoms with Crippen LogP contribution in [0.1, 0.15) is 48.0 Å². The maximum absolute atomic E-state index is 4.58. The lowest BCUT2D eigenvalue weighted by Gasteiger charge is -2.31. The standard InChI is InChI=1S/C27H31N5/c1-20(2)25(27-28-29-30-32(27)26-21(3)12-11-13-22(26)4)31(18-23-14-7-5-8-15-23)19-24-16-9-6-10-17-24/h5-17,20,25H,18-19H2,1-4H3/p+1/t25-/m1/s1. The van der Waals surface area contributed by atoms with Gasteiger partial charge in [-0.25, -0.2) is 0 Å². The van der Waals surface area contributed by atoms with Gasteiger partial charge >= 0.3 is 0 Å². The van der Waals surface area contributed by atoms with E-state index in [9.17, 15) is 0 Å². The molecule has 1 heterocycles. The molecule has 0 amide bonds. The van der Waals surface area contributed by atoms with Crippen LogP contribution < -0.4 is 4.90 Å². The van der Waals surface area contributed by atoms with Gasteiger partial charge in [0.2, 0.25) is 5.82 Å². The first-order valence-corrected chi connectivity index (χ1v) is 11.3. The second-order valence-electron chi connectivity index (χ2n) is 8.89. The van der Waals surface area contributed by atoms with Crippen molar-refractivity contribution in [1.82, 2.24) is 20.2 Å². The number of hydrogen-bond donors (Lipinski definition) is 1. The largest absolute Gasteiger partial charge is 0.318 e. The Bertz CT molecular complexity index is 1070. The number of para-hydroxylation sites is 1. The summed E-state index contributed by atoms with van der Waals surface area (Å²) in [5.41, 5.74) is 6.06. The van der Waals surface area contributed by atoms with E-state index in [-0.39, 0.29) is 6.04 Å². The zero-order valence-corrected chi connectivity index (χ0v) is 19.4. The van der Waals surface area contributed by atoms with Crippen molar-refractivity contribution in [2.24, 2.45) is 5.92 Å². The summed E-state index contributed by atoms with van der Waals surface area (Å²) in [6.45, 7) is 10.6. The van der Waals surface area contributed by atoms with Crippen molar-refractivity contribution in [3.05, 3.63) is 107 Å². The van der Waals surface area contributed by atoms with Crippen LogP contribution in [0, 0.1) is 19.8 Å². The molecule has 0 radical (unpaired) electrons. The molecule has 0 bridgehead atoms. The number of aromatic nitrogens is 4. The smallest absolute Gasteiger partial charge is 0.214 e. The molecule has 1 aromatic heterocycles. The van der Waals surface area contributed by atoms with E-state index in [0.29, 0.717) is 5.92 Å². The lowest BCUT2D eigenvalue weighted by Crippen LogP contribution is -3.10. The Labute approximate surface area is 190 Å². The summed E-state index contributed by atoms with van der Waals surface area (Å²) in [4.78, 5) is 1.43. The molecule has 32 heavy (non-hydrogen) atoms. The molecule has 0 aliphatic heterocycles. The third-order valence-electron chi connectivity index (χ3n) is 6.08. The molecule has 0 aliphatic carbocycles. The van der Waals surface area contributed by atoms with E-state index in [2.05, 4.69) is 122 Å². The summed E-state index contributed by atoms with van der Waals surface area (Å²) < 4.78 is 1.96. The fourth-order valence-electron chi connectivity index (χ4n) is 4.64. The molecule has 164 valence electrons. The Morgan fingerprint density at radius 1 is 0.750 bits per heavy atom. The van der Waals surface area contributed by atoms with Crippen LogP contribution in [0.15, 0.2) is 78.9 Å². The van der Waals surface area contributed by atoms with Gasteiger partial charge in [-0.15, -0.1) is 5.10 Å². The van der Waals surface area contributed by atoms with Gasteiger partial charge < -0.3 is 4.90 Å². The van der Waals surface area contributed by atoms with Gasteiger partial charge in [0.25, 0.3) is 0 Å². The normalized spacial score (nSPS) is 12.4. The molecule has 4 aromatic rings. The van der Waals surface area contributed by atoms with E-state index in [4.69, 9.17) is 0 Å². The second-order valence-corrected chi connectivity index (χ2v) is 8.89. The summed E-state index contributed by atoms with van der Waals surface area (Å²) >= 11 is 0. The maximum atomic E-state index is 4.58. The van der Waals surface area contributed by atoms with E-state index in [0.717, 1.165) is 24.6 Å². The Hall–Kier alpha value is -3.31. The van der Waals surface area contributed by atoms with E-state index in [1.807, 2.05) is 4.68 Å². The molecular formula is C27H32N5+. The van der Waals surface area contributed by atoms with Crippen LogP contribution >= 0.6 is 0 Å². The highest BCUT2D eigenvalue weighted by atomic mass is 15.6. The van der Waals surface area contributed by atoms with Crippen LogP contribution in [0.3, 0.4) is 0 Å². The van der Waals surface area contributed by atoms with E-state index in [1.54, 1.807) is 0 Å². The maximum Gasteiger partial charge on any atom is 0.214 e. The zero-order valence-electron chi connectivity index (χ0n) is 19.4. The number of quaternary nitrogens is 1. The molecule has 0 saturated heterocycles. The highest BCUT2D eigenvalue weighted by Gasteiger charge is 2.34. The first-order chi connectivity index (χ1) is 15.5. The average molecular weight is 427 g/mol. The Morgan fingerprint density at radius 2 is 1.28 bits per heavy atom. The van der Waals surface area contributed by atoms with E-state index in [1.165, 1.54) is 27.2 Å². The predicted molar refractivity (Wildman–Crippen MR) is 127 cm³/mol.